The van der Waals surface area contributed by atoms with Crippen molar-refractivity contribution in [2.45, 2.75) is 46.0 Å². The topological polar surface area (TPSA) is 67.2 Å². The average Bonchev–Trinajstić information content (AvgIpc) is 3.04. The highest BCUT2D eigenvalue weighted by Gasteiger charge is 2.31. The lowest BCUT2D eigenvalue weighted by atomic mass is 9.84. The van der Waals surface area contributed by atoms with Crippen molar-refractivity contribution in [1.29, 1.82) is 0 Å². The molecule has 6 rings (SSSR count). The lowest BCUT2D eigenvalue weighted by molar-refractivity contribution is -0.137. The van der Waals surface area contributed by atoms with Crippen LogP contribution in [0.4, 0.5) is 10.2 Å². The van der Waals surface area contributed by atoms with Gasteiger partial charge < -0.3 is 9.80 Å². The van der Waals surface area contributed by atoms with Crippen molar-refractivity contribution in [2.24, 2.45) is 5.92 Å². The van der Waals surface area contributed by atoms with Crippen LogP contribution in [0.3, 0.4) is 0 Å². The molecule has 2 aromatic carbocycles. The number of rotatable bonds is 5. The van der Waals surface area contributed by atoms with Crippen molar-refractivity contribution >= 4 is 22.8 Å². The number of hydrogen-bond acceptors (Lipinski definition) is 5. The zero-order valence-electron chi connectivity index (χ0n) is 22.0. The molecule has 1 aliphatic heterocycles. The van der Waals surface area contributed by atoms with E-state index < -0.39 is 0 Å². The highest BCUT2D eigenvalue weighted by molar-refractivity contribution is 5.91. The summed E-state index contributed by atoms with van der Waals surface area (Å²) in [5.74, 6) is 1.81. The maximum Gasteiger partial charge on any atom is 0.225 e. The van der Waals surface area contributed by atoms with Crippen molar-refractivity contribution in [1.82, 2.24) is 24.6 Å². The molecule has 1 saturated carbocycles. The van der Waals surface area contributed by atoms with Gasteiger partial charge >= 0.3 is 0 Å². The Balaban J connectivity index is 1.40. The molecule has 8 heteroatoms. The van der Waals surface area contributed by atoms with Gasteiger partial charge in [-0.3, -0.25) is 4.79 Å². The number of fused-ring (bicyclic) bond motifs is 1. The van der Waals surface area contributed by atoms with E-state index in [1.807, 2.05) is 11.8 Å². The smallest absolute Gasteiger partial charge is 0.225 e. The SMILES string of the molecule is Cc1ccc(Cc2nc(N3CCCN(C(=O)C4CCC4)CC3)c3c(C)nn(-c4ccc(F)cc4)c3n2)cc1. The van der Waals surface area contributed by atoms with Crippen LogP contribution in [-0.4, -0.2) is 56.7 Å². The minimum absolute atomic E-state index is 0.213. The van der Waals surface area contributed by atoms with E-state index in [1.165, 1.54) is 17.7 Å². The first-order valence-electron chi connectivity index (χ1n) is 13.6. The highest BCUT2D eigenvalue weighted by atomic mass is 19.1. The fraction of sp³-hybridized carbons (Fsp3) is 0.400. The van der Waals surface area contributed by atoms with Crippen LogP contribution in [0.1, 0.15) is 48.3 Å². The maximum absolute atomic E-state index is 13.7. The van der Waals surface area contributed by atoms with Gasteiger partial charge in [-0.1, -0.05) is 36.2 Å². The molecule has 2 aromatic heterocycles. The van der Waals surface area contributed by atoms with Gasteiger partial charge in [-0.15, -0.1) is 0 Å². The number of hydrogen-bond donors (Lipinski definition) is 0. The molecule has 0 radical (unpaired) electrons. The van der Waals surface area contributed by atoms with Crippen LogP contribution in [0, 0.1) is 25.6 Å². The minimum Gasteiger partial charge on any atom is -0.354 e. The predicted octanol–water partition coefficient (Wildman–Crippen LogP) is 5.00. The van der Waals surface area contributed by atoms with Crippen molar-refractivity contribution in [3.05, 3.63) is 77.0 Å². The van der Waals surface area contributed by atoms with Crippen LogP contribution in [-0.2, 0) is 11.2 Å². The Labute approximate surface area is 222 Å². The van der Waals surface area contributed by atoms with E-state index in [0.717, 1.165) is 73.5 Å². The van der Waals surface area contributed by atoms with Gasteiger partial charge in [-0.05, 0) is 62.9 Å². The average molecular weight is 513 g/mol. The Morgan fingerprint density at radius 2 is 1.68 bits per heavy atom. The molecule has 38 heavy (non-hydrogen) atoms. The molecule has 0 spiro atoms. The second-order valence-corrected chi connectivity index (χ2v) is 10.6. The van der Waals surface area contributed by atoms with Gasteiger partial charge in [0.25, 0.3) is 0 Å². The summed E-state index contributed by atoms with van der Waals surface area (Å²) in [4.78, 5) is 27.4. The second-order valence-electron chi connectivity index (χ2n) is 10.6. The quantitative estimate of drug-likeness (QED) is 0.377. The number of aryl methyl sites for hydroxylation is 2. The normalized spacial score (nSPS) is 16.5. The molecule has 1 amide bonds. The van der Waals surface area contributed by atoms with E-state index in [1.54, 1.807) is 16.8 Å². The van der Waals surface area contributed by atoms with E-state index >= 15 is 0 Å². The third-order valence-corrected chi connectivity index (χ3v) is 7.85. The van der Waals surface area contributed by atoms with Gasteiger partial charge in [-0.2, -0.15) is 5.10 Å². The Morgan fingerprint density at radius 3 is 2.39 bits per heavy atom. The molecule has 2 aliphatic rings. The third kappa shape index (κ3) is 4.75. The van der Waals surface area contributed by atoms with Gasteiger partial charge in [0, 0.05) is 38.5 Å². The van der Waals surface area contributed by atoms with Crippen LogP contribution < -0.4 is 4.90 Å². The zero-order valence-corrected chi connectivity index (χ0v) is 22.0. The number of anilines is 1. The Hall–Kier alpha value is -3.81. The van der Waals surface area contributed by atoms with Crippen LogP contribution in [0.5, 0.6) is 0 Å². The van der Waals surface area contributed by atoms with Crippen LogP contribution in [0.2, 0.25) is 0 Å². The molecule has 196 valence electrons. The molecule has 7 nitrogen and oxygen atoms in total. The van der Waals surface area contributed by atoms with E-state index in [9.17, 15) is 9.18 Å². The summed E-state index contributed by atoms with van der Waals surface area (Å²) in [6, 6.07) is 14.7. The number of benzene rings is 2. The Bertz CT molecular complexity index is 1460. The summed E-state index contributed by atoms with van der Waals surface area (Å²) >= 11 is 0. The Morgan fingerprint density at radius 1 is 0.921 bits per heavy atom. The van der Waals surface area contributed by atoms with Gasteiger partial charge in [0.1, 0.15) is 17.5 Å². The minimum atomic E-state index is -0.289. The lowest BCUT2D eigenvalue weighted by Crippen LogP contribution is -2.41. The van der Waals surface area contributed by atoms with Crippen molar-refractivity contribution in [3.63, 3.8) is 0 Å². The molecular formula is C30H33FN6O. The third-order valence-electron chi connectivity index (χ3n) is 7.85. The summed E-state index contributed by atoms with van der Waals surface area (Å²) in [5.41, 5.74) is 4.64. The van der Waals surface area contributed by atoms with E-state index in [2.05, 4.69) is 36.1 Å². The number of aromatic nitrogens is 4. The molecule has 2 fully saturated rings. The van der Waals surface area contributed by atoms with Gasteiger partial charge in [0.15, 0.2) is 5.65 Å². The van der Waals surface area contributed by atoms with Crippen LogP contribution in [0.25, 0.3) is 16.7 Å². The molecular weight excluding hydrogens is 479 g/mol. The molecule has 0 bridgehead atoms. The molecule has 4 aromatic rings. The molecule has 0 atom stereocenters. The Kier molecular flexibility index (Phi) is 6.55. The van der Waals surface area contributed by atoms with Crippen molar-refractivity contribution in [2.75, 3.05) is 31.1 Å². The first kappa shape index (κ1) is 24.5. The van der Waals surface area contributed by atoms with E-state index in [4.69, 9.17) is 15.1 Å². The second kappa shape index (κ2) is 10.2. The number of nitrogens with zero attached hydrogens (tertiary/aromatic N) is 6. The lowest BCUT2D eigenvalue weighted by Gasteiger charge is -2.31. The summed E-state index contributed by atoms with van der Waals surface area (Å²) in [6.45, 7) is 7.05. The molecule has 1 saturated heterocycles. The summed E-state index contributed by atoms with van der Waals surface area (Å²) in [5, 5.41) is 5.72. The fourth-order valence-electron chi connectivity index (χ4n) is 5.43. The van der Waals surface area contributed by atoms with E-state index in [-0.39, 0.29) is 11.7 Å². The number of carbonyl (C=O) groups excluding carboxylic acids is 1. The van der Waals surface area contributed by atoms with Crippen LogP contribution >= 0.6 is 0 Å². The monoisotopic (exact) mass is 512 g/mol. The van der Waals surface area contributed by atoms with Gasteiger partial charge in [0.05, 0.1) is 16.8 Å². The van der Waals surface area contributed by atoms with Crippen LogP contribution in [0.15, 0.2) is 48.5 Å². The first-order chi connectivity index (χ1) is 18.5. The predicted molar refractivity (Wildman–Crippen MR) is 146 cm³/mol. The maximum atomic E-state index is 13.7. The largest absolute Gasteiger partial charge is 0.354 e. The molecule has 1 aliphatic carbocycles. The van der Waals surface area contributed by atoms with Crippen molar-refractivity contribution < 1.29 is 9.18 Å². The first-order valence-corrected chi connectivity index (χ1v) is 13.6. The van der Waals surface area contributed by atoms with Gasteiger partial charge in [-0.25, -0.2) is 19.0 Å². The molecule has 0 N–H and O–H groups in total. The zero-order chi connectivity index (χ0) is 26.2. The van der Waals surface area contributed by atoms with Gasteiger partial charge in [0.2, 0.25) is 5.91 Å². The fourth-order valence-corrected chi connectivity index (χ4v) is 5.43. The molecule has 0 unspecified atom stereocenters. The summed E-state index contributed by atoms with van der Waals surface area (Å²) < 4.78 is 15.5. The molecule has 3 heterocycles. The van der Waals surface area contributed by atoms with Crippen molar-refractivity contribution in [3.8, 4) is 5.69 Å². The van der Waals surface area contributed by atoms with E-state index in [0.29, 0.717) is 30.3 Å². The number of halogens is 1. The summed E-state index contributed by atoms with van der Waals surface area (Å²) in [7, 11) is 0. The highest BCUT2D eigenvalue weighted by Crippen LogP contribution is 2.32. The standard InChI is InChI=1S/C30H33FN6O/c1-20-7-9-22(10-8-20)19-26-32-28(35-15-4-16-36(18-17-35)30(38)23-5-3-6-23)27-21(2)34-37(29(27)33-26)25-13-11-24(31)12-14-25/h7-14,23H,3-6,15-19H2,1-2H3. The summed E-state index contributed by atoms with van der Waals surface area (Å²) in [6.07, 6.45) is 4.70. The number of carbonyl (C=O) groups is 1. The number of amides is 1.